The topological polar surface area (TPSA) is 23.6 Å². The molecule has 2 aliphatic rings. The number of alkyl halides is 1. The molecule has 1 saturated heterocycles. The van der Waals surface area contributed by atoms with Gasteiger partial charge in [0.1, 0.15) is 5.88 Å². The smallest absolute Gasteiger partial charge is 0.237 e. The summed E-state index contributed by atoms with van der Waals surface area (Å²) in [6.07, 6.45) is 6.17. The van der Waals surface area contributed by atoms with Crippen LogP contribution in [0.1, 0.15) is 32.1 Å². The molecule has 0 N–H and O–H groups in total. The van der Waals surface area contributed by atoms with Crippen LogP contribution in [0.25, 0.3) is 0 Å². The molecule has 1 amide bonds. The molecule has 1 heterocycles. The number of carbonyl (C=O) groups is 1. The van der Waals surface area contributed by atoms with Crippen LogP contribution in [0.15, 0.2) is 0 Å². The Morgan fingerprint density at radius 3 is 2.75 bits per heavy atom. The van der Waals surface area contributed by atoms with Crippen molar-refractivity contribution in [1.82, 2.24) is 9.80 Å². The van der Waals surface area contributed by atoms with Crippen molar-refractivity contribution < 1.29 is 4.79 Å². The molecule has 1 saturated carbocycles. The van der Waals surface area contributed by atoms with E-state index < -0.39 is 0 Å². The zero-order chi connectivity index (χ0) is 11.5. The van der Waals surface area contributed by atoms with Gasteiger partial charge in [0.25, 0.3) is 0 Å². The van der Waals surface area contributed by atoms with Crippen LogP contribution in [0.4, 0.5) is 0 Å². The van der Waals surface area contributed by atoms with Crippen LogP contribution in [0, 0.1) is 0 Å². The Morgan fingerprint density at radius 1 is 1.38 bits per heavy atom. The number of piperidine rings is 1. The highest BCUT2D eigenvalue weighted by Gasteiger charge is 2.32. The molecule has 0 aromatic rings. The summed E-state index contributed by atoms with van der Waals surface area (Å²) >= 11 is 5.66. The Kier molecular flexibility index (Phi) is 4.09. The predicted molar refractivity (Wildman–Crippen MR) is 65.7 cm³/mol. The lowest BCUT2D eigenvalue weighted by Crippen LogP contribution is -2.49. The van der Waals surface area contributed by atoms with Gasteiger partial charge in [0.2, 0.25) is 5.91 Å². The lowest BCUT2D eigenvalue weighted by molar-refractivity contribution is -0.132. The molecule has 0 spiro atoms. The third-order valence-electron chi connectivity index (χ3n) is 3.73. The van der Waals surface area contributed by atoms with E-state index in [-0.39, 0.29) is 11.8 Å². The van der Waals surface area contributed by atoms with Crippen LogP contribution >= 0.6 is 11.6 Å². The largest absolute Gasteiger partial charge is 0.337 e. The van der Waals surface area contributed by atoms with Crippen molar-refractivity contribution in [1.29, 1.82) is 0 Å². The van der Waals surface area contributed by atoms with E-state index in [1.165, 1.54) is 19.3 Å². The van der Waals surface area contributed by atoms with E-state index in [1.54, 1.807) is 0 Å². The molecule has 0 bridgehead atoms. The summed E-state index contributed by atoms with van der Waals surface area (Å²) in [6, 6.07) is 1.17. The Labute approximate surface area is 103 Å². The second-order valence-electron chi connectivity index (χ2n) is 5.04. The van der Waals surface area contributed by atoms with Crippen molar-refractivity contribution in [2.45, 2.75) is 44.2 Å². The maximum atomic E-state index is 11.7. The fraction of sp³-hybridized carbons (Fsp3) is 0.917. The number of amides is 1. The quantitative estimate of drug-likeness (QED) is 0.703. The first kappa shape index (κ1) is 12.2. The molecule has 0 radical (unpaired) electrons. The molecule has 92 valence electrons. The molecule has 3 nitrogen and oxygen atoms in total. The minimum absolute atomic E-state index is 0.107. The van der Waals surface area contributed by atoms with Gasteiger partial charge in [0.05, 0.1) is 0 Å². The standard InChI is InChI=1S/C12H21ClN2O/c1-14(10-5-6-10)9-11-4-2-3-7-15(11)12(16)8-13/h10-11H,2-9H2,1H3/t11-/m0/s1. The van der Waals surface area contributed by atoms with E-state index >= 15 is 0 Å². The van der Waals surface area contributed by atoms with Gasteiger partial charge in [-0.15, -0.1) is 11.6 Å². The molecule has 0 aromatic heterocycles. The highest BCUT2D eigenvalue weighted by molar-refractivity contribution is 6.27. The molecule has 2 fully saturated rings. The molecule has 0 unspecified atom stereocenters. The van der Waals surface area contributed by atoms with Crippen molar-refractivity contribution >= 4 is 17.5 Å². The molecule has 2 rings (SSSR count). The SMILES string of the molecule is CN(C[C@@H]1CCCCN1C(=O)CCl)C1CC1. The van der Waals surface area contributed by atoms with Gasteiger partial charge >= 0.3 is 0 Å². The molecule has 1 aliphatic carbocycles. The van der Waals surface area contributed by atoms with Crippen LogP contribution in [0.5, 0.6) is 0 Å². The fourth-order valence-electron chi connectivity index (χ4n) is 2.59. The third kappa shape index (κ3) is 2.89. The molecule has 1 atom stereocenters. The van der Waals surface area contributed by atoms with Crippen molar-refractivity contribution in [2.75, 3.05) is 26.0 Å². The van der Waals surface area contributed by atoms with E-state index in [9.17, 15) is 4.79 Å². The first-order valence-corrected chi connectivity index (χ1v) is 6.81. The number of likely N-dealkylation sites (N-methyl/N-ethyl adjacent to an activating group) is 1. The Bertz CT molecular complexity index is 255. The maximum Gasteiger partial charge on any atom is 0.237 e. The van der Waals surface area contributed by atoms with Gasteiger partial charge in [-0.2, -0.15) is 0 Å². The minimum Gasteiger partial charge on any atom is -0.337 e. The summed E-state index contributed by atoms with van der Waals surface area (Å²) in [4.78, 5) is 16.1. The van der Waals surface area contributed by atoms with Crippen molar-refractivity contribution in [3.05, 3.63) is 0 Å². The summed E-state index contributed by atoms with van der Waals surface area (Å²) < 4.78 is 0. The number of rotatable bonds is 4. The number of hydrogen-bond acceptors (Lipinski definition) is 2. The van der Waals surface area contributed by atoms with Crippen LogP contribution in [-0.2, 0) is 4.79 Å². The normalized spacial score (nSPS) is 26.2. The summed E-state index contributed by atoms with van der Waals surface area (Å²) in [7, 11) is 2.18. The van der Waals surface area contributed by atoms with Crippen LogP contribution < -0.4 is 0 Å². The fourth-order valence-corrected chi connectivity index (χ4v) is 2.75. The number of nitrogens with zero attached hydrogens (tertiary/aromatic N) is 2. The van der Waals surface area contributed by atoms with E-state index in [2.05, 4.69) is 11.9 Å². The summed E-state index contributed by atoms with van der Waals surface area (Å²) in [5.74, 6) is 0.236. The van der Waals surface area contributed by atoms with Gasteiger partial charge in [-0.05, 0) is 39.2 Å². The second kappa shape index (κ2) is 5.37. The Morgan fingerprint density at radius 2 is 2.12 bits per heavy atom. The highest BCUT2D eigenvalue weighted by atomic mass is 35.5. The van der Waals surface area contributed by atoms with E-state index in [4.69, 9.17) is 11.6 Å². The van der Waals surface area contributed by atoms with Gasteiger partial charge in [-0.25, -0.2) is 0 Å². The van der Waals surface area contributed by atoms with E-state index in [1.807, 2.05) is 4.90 Å². The average molecular weight is 245 g/mol. The van der Waals surface area contributed by atoms with Gasteiger partial charge in [0.15, 0.2) is 0 Å². The van der Waals surface area contributed by atoms with Gasteiger partial charge in [0, 0.05) is 25.2 Å². The number of hydrogen-bond donors (Lipinski definition) is 0. The van der Waals surface area contributed by atoms with Crippen molar-refractivity contribution in [3.63, 3.8) is 0 Å². The summed E-state index contributed by atoms with van der Waals surface area (Å²) in [6.45, 7) is 1.92. The number of likely N-dealkylation sites (tertiary alicyclic amines) is 1. The van der Waals surface area contributed by atoms with E-state index in [0.29, 0.717) is 6.04 Å². The van der Waals surface area contributed by atoms with Crippen LogP contribution in [0.3, 0.4) is 0 Å². The third-order valence-corrected chi connectivity index (χ3v) is 3.96. The van der Waals surface area contributed by atoms with E-state index in [0.717, 1.165) is 32.0 Å². The monoisotopic (exact) mass is 244 g/mol. The minimum atomic E-state index is 0.107. The first-order valence-electron chi connectivity index (χ1n) is 6.28. The number of halogens is 1. The molecule has 1 aliphatic heterocycles. The Balaban J connectivity index is 1.90. The zero-order valence-electron chi connectivity index (χ0n) is 9.99. The maximum absolute atomic E-state index is 11.7. The second-order valence-corrected chi connectivity index (χ2v) is 5.31. The molecule has 0 aromatic carbocycles. The van der Waals surface area contributed by atoms with Crippen LogP contribution in [0.2, 0.25) is 0 Å². The van der Waals surface area contributed by atoms with Crippen LogP contribution in [-0.4, -0.2) is 53.8 Å². The number of carbonyl (C=O) groups excluding carboxylic acids is 1. The predicted octanol–water partition coefficient (Wildman–Crippen LogP) is 1.70. The van der Waals surface area contributed by atoms with Gasteiger partial charge in [-0.3, -0.25) is 4.79 Å². The van der Waals surface area contributed by atoms with Crippen molar-refractivity contribution in [2.24, 2.45) is 0 Å². The lowest BCUT2D eigenvalue weighted by Gasteiger charge is -2.37. The van der Waals surface area contributed by atoms with Gasteiger partial charge in [-0.1, -0.05) is 0 Å². The molecule has 16 heavy (non-hydrogen) atoms. The lowest BCUT2D eigenvalue weighted by atomic mass is 10.0. The summed E-state index contributed by atoms with van der Waals surface area (Å²) in [5, 5.41) is 0. The Hall–Kier alpha value is -0.280. The molecular weight excluding hydrogens is 224 g/mol. The first-order chi connectivity index (χ1) is 7.72. The molecule has 4 heteroatoms. The molecular formula is C12H21ClN2O. The highest BCUT2D eigenvalue weighted by Crippen LogP contribution is 2.27. The summed E-state index contributed by atoms with van der Waals surface area (Å²) in [5.41, 5.74) is 0. The average Bonchev–Trinajstić information content (AvgIpc) is 3.12. The zero-order valence-corrected chi connectivity index (χ0v) is 10.7. The van der Waals surface area contributed by atoms with Gasteiger partial charge < -0.3 is 9.80 Å². The van der Waals surface area contributed by atoms with Crippen molar-refractivity contribution in [3.8, 4) is 0 Å².